The number of amides is 3. The van der Waals surface area contributed by atoms with E-state index in [4.69, 9.17) is 4.74 Å². The van der Waals surface area contributed by atoms with E-state index in [0.717, 1.165) is 10.7 Å². The highest BCUT2D eigenvalue weighted by molar-refractivity contribution is 7.09. The summed E-state index contributed by atoms with van der Waals surface area (Å²) >= 11 is 1.66. The molecule has 1 aromatic carbocycles. The van der Waals surface area contributed by atoms with Gasteiger partial charge in [-0.15, -0.1) is 11.3 Å². The van der Waals surface area contributed by atoms with Crippen molar-refractivity contribution in [3.63, 3.8) is 0 Å². The molecule has 0 radical (unpaired) electrons. The minimum atomic E-state index is -0.232. The van der Waals surface area contributed by atoms with Gasteiger partial charge in [-0.1, -0.05) is 19.9 Å². The molecular formula is C19H26N4O3S. The molecule has 0 atom stereocenters. The Morgan fingerprint density at radius 3 is 2.70 bits per heavy atom. The van der Waals surface area contributed by atoms with Gasteiger partial charge in [0, 0.05) is 42.9 Å². The van der Waals surface area contributed by atoms with Gasteiger partial charge in [-0.25, -0.2) is 9.78 Å². The SMILES string of the molecule is CC(=O)Nc1cccc(OCCNC(=O)NCCc2csc(C(C)C)n2)c1. The van der Waals surface area contributed by atoms with Gasteiger partial charge in [0.05, 0.1) is 17.2 Å². The predicted octanol–water partition coefficient (Wildman–Crippen LogP) is 3.15. The predicted molar refractivity (Wildman–Crippen MR) is 108 cm³/mol. The van der Waals surface area contributed by atoms with Crippen molar-refractivity contribution in [3.05, 3.63) is 40.3 Å². The number of rotatable bonds is 9. The second-order valence-corrected chi connectivity index (χ2v) is 7.21. The van der Waals surface area contributed by atoms with Gasteiger partial charge in [0.1, 0.15) is 12.4 Å². The van der Waals surface area contributed by atoms with Crippen LogP contribution < -0.4 is 20.7 Å². The summed E-state index contributed by atoms with van der Waals surface area (Å²) < 4.78 is 5.58. The van der Waals surface area contributed by atoms with E-state index in [1.54, 1.807) is 35.6 Å². The molecule has 27 heavy (non-hydrogen) atoms. The minimum absolute atomic E-state index is 0.136. The molecule has 3 N–H and O–H groups in total. The highest BCUT2D eigenvalue weighted by atomic mass is 32.1. The van der Waals surface area contributed by atoms with Crippen LogP contribution in [0.2, 0.25) is 0 Å². The first-order valence-corrected chi connectivity index (χ1v) is 9.78. The van der Waals surface area contributed by atoms with Gasteiger partial charge >= 0.3 is 6.03 Å². The van der Waals surface area contributed by atoms with Crippen molar-refractivity contribution in [2.24, 2.45) is 0 Å². The average Bonchev–Trinajstić information content (AvgIpc) is 3.08. The van der Waals surface area contributed by atoms with E-state index in [-0.39, 0.29) is 11.9 Å². The van der Waals surface area contributed by atoms with Crippen LogP contribution >= 0.6 is 11.3 Å². The fraction of sp³-hybridized carbons (Fsp3) is 0.421. The summed E-state index contributed by atoms with van der Waals surface area (Å²) in [5, 5.41) is 11.4. The van der Waals surface area contributed by atoms with Crippen molar-refractivity contribution >= 4 is 29.0 Å². The molecule has 2 rings (SSSR count). The molecule has 7 nitrogen and oxygen atoms in total. The van der Waals surface area contributed by atoms with Crippen molar-refractivity contribution in [3.8, 4) is 5.75 Å². The Morgan fingerprint density at radius 2 is 2.00 bits per heavy atom. The lowest BCUT2D eigenvalue weighted by Gasteiger charge is -2.10. The summed E-state index contributed by atoms with van der Waals surface area (Å²) in [6.07, 6.45) is 0.711. The highest BCUT2D eigenvalue weighted by Gasteiger charge is 2.06. The van der Waals surface area contributed by atoms with E-state index in [1.807, 2.05) is 5.38 Å². The molecule has 0 bridgehead atoms. The molecule has 0 unspecified atom stereocenters. The third-order valence-electron chi connectivity index (χ3n) is 3.54. The first-order chi connectivity index (χ1) is 12.9. The lowest BCUT2D eigenvalue weighted by atomic mass is 10.2. The van der Waals surface area contributed by atoms with E-state index in [9.17, 15) is 9.59 Å². The Morgan fingerprint density at radius 1 is 1.22 bits per heavy atom. The first kappa shape index (κ1) is 20.7. The summed E-state index contributed by atoms with van der Waals surface area (Å²) in [5.41, 5.74) is 1.68. The summed E-state index contributed by atoms with van der Waals surface area (Å²) in [5.74, 6) is 0.926. The number of carbonyl (C=O) groups excluding carboxylic acids is 2. The van der Waals surface area contributed by atoms with Gasteiger partial charge in [-0.3, -0.25) is 4.79 Å². The molecule has 0 saturated carbocycles. The smallest absolute Gasteiger partial charge is 0.314 e. The van der Waals surface area contributed by atoms with E-state index in [0.29, 0.717) is 43.5 Å². The van der Waals surface area contributed by atoms with Crippen LogP contribution in [0.1, 0.15) is 37.4 Å². The summed E-state index contributed by atoms with van der Waals surface area (Å²) in [6.45, 7) is 6.94. The average molecular weight is 391 g/mol. The Bertz CT molecular complexity index is 761. The quantitative estimate of drug-likeness (QED) is 0.574. The minimum Gasteiger partial charge on any atom is -0.492 e. The topological polar surface area (TPSA) is 92.4 Å². The standard InChI is InChI=1S/C19H26N4O3S/c1-13(2)18-23-16(12-27-18)7-8-20-19(25)21-9-10-26-17-6-4-5-15(11-17)22-14(3)24/h4-6,11-13H,7-10H2,1-3H3,(H,22,24)(H2,20,21,25). The molecule has 0 aliphatic heterocycles. The van der Waals surface area contributed by atoms with Crippen LogP contribution in [0.5, 0.6) is 5.75 Å². The zero-order chi connectivity index (χ0) is 19.6. The van der Waals surface area contributed by atoms with Crippen LogP contribution in [0, 0.1) is 0 Å². The van der Waals surface area contributed by atoms with Gasteiger partial charge in [-0.2, -0.15) is 0 Å². The second-order valence-electron chi connectivity index (χ2n) is 6.32. The molecule has 146 valence electrons. The van der Waals surface area contributed by atoms with Gasteiger partial charge in [0.2, 0.25) is 5.91 Å². The van der Waals surface area contributed by atoms with Crippen molar-refractivity contribution in [1.29, 1.82) is 0 Å². The lowest BCUT2D eigenvalue weighted by molar-refractivity contribution is -0.114. The number of aromatic nitrogens is 1. The van der Waals surface area contributed by atoms with Gasteiger partial charge < -0.3 is 20.7 Å². The molecule has 2 aromatic rings. The number of hydrogen-bond donors (Lipinski definition) is 3. The van der Waals surface area contributed by atoms with E-state index in [2.05, 4.69) is 34.8 Å². The van der Waals surface area contributed by atoms with Crippen molar-refractivity contribution in [2.75, 3.05) is 25.0 Å². The molecule has 8 heteroatoms. The monoisotopic (exact) mass is 390 g/mol. The fourth-order valence-electron chi connectivity index (χ4n) is 2.27. The van der Waals surface area contributed by atoms with Crippen molar-refractivity contribution < 1.29 is 14.3 Å². The number of thiazole rings is 1. The molecule has 0 fully saturated rings. The van der Waals surface area contributed by atoms with Crippen LogP contribution in [-0.4, -0.2) is 36.6 Å². The first-order valence-electron chi connectivity index (χ1n) is 8.90. The Balaban J connectivity index is 1.61. The van der Waals surface area contributed by atoms with Gasteiger partial charge in [0.15, 0.2) is 0 Å². The number of nitrogens with one attached hydrogen (secondary N) is 3. The van der Waals surface area contributed by atoms with Crippen LogP contribution in [0.25, 0.3) is 0 Å². The largest absolute Gasteiger partial charge is 0.492 e. The normalized spacial score (nSPS) is 10.5. The summed E-state index contributed by atoms with van der Waals surface area (Å²) in [6, 6.07) is 6.88. The number of carbonyl (C=O) groups is 2. The lowest BCUT2D eigenvalue weighted by Crippen LogP contribution is -2.38. The van der Waals surface area contributed by atoms with Gasteiger partial charge in [0.25, 0.3) is 0 Å². The van der Waals surface area contributed by atoms with Crippen LogP contribution in [0.15, 0.2) is 29.6 Å². The summed E-state index contributed by atoms with van der Waals surface area (Å²) in [4.78, 5) is 27.4. The maximum absolute atomic E-state index is 11.8. The molecule has 1 aromatic heterocycles. The van der Waals surface area contributed by atoms with Gasteiger partial charge in [-0.05, 0) is 12.1 Å². The molecule has 0 aliphatic carbocycles. The number of anilines is 1. The Kier molecular flexibility index (Phi) is 8.06. The number of benzene rings is 1. The maximum atomic E-state index is 11.8. The van der Waals surface area contributed by atoms with Crippen molar-refractivity contribution in [2.45, 2.75) is 33.1 Å². The zero-order valence-corrected chi connectivity index (χ0v) is 16.7. The Hall–Kier alpha value is -2.61. The van der Waals surface area contributed by atoms with Crippen molar-refractivity contribution in [1.82, 2.24) is 15.6 Å². The van der Waals surface area contributed by atoms with E-state index >= 15 is 0 Å². The maximum Gasteiger partial charge on any atom is 0.314 e. The molecule has 0 spiro atoms. The molecule has 0 aliphatic rings. The number of nitrogens with zero attached hydrogens (tertiary/aromatic N) is 1. The van der Waals surface area contributed by atoms with Crippen LogP contribution in [0.3, 0.4) is 0 Å². The van der Waals surface area contributed by atoms with Crippen LogP contribution in [0.4, 0.5) is 10.5 Å². The zero-order valence-electron chi connectivity index (χ0n) is 15.9. The fourth-order valence-corrected chi connectivity index (χ4v) is 3.14. The van der Waals surface area contributed by atoms with E-state index < -0.39 is 0 Å². The van der Waals surface area contributed by atoms with E-state index in [1.165, 1.54) is 6.92 Å². The number of hydrogen-bond acceptors (Lipinski definition) is 5. The molecule has 3 amide bonds. The molecule has 1 heterocycles. The number of urea groups is 1. The summed E-state index contributed by atoms with van der Waals surface area (Å²) in [7, 11) is 0. The number of ether oxygens (including phenoxy) is 1. The third kappa shape index (κ3) is 7.65. The highest BCUT2D eigenvalue weighted by Crippen LogP contribution is 2.19. The molecular weight excluding hydrogens is 364 g/mol. The Labute approximate surface area is 163 Å². The molecule has 0 saturated heterocycles. The second kappa shape index (κ2) is 10.5. The third-order valence-corrected chi connectivity index (χ3v) is 4.73. The van der Waals surface area contributed by atoms with Crippen LogP contribution in [-0.2, 0) is 11.2 Å².